The maximum atomic E-state index is 4.90. The molecule has 3 nitrogen and oxygen atoms in total. The van der Waals surface area contributed by atoms with E-state index in [0.717, 1.165) is 0 Å². The van der Waals surface area contributed by atoms with Crippen molar-refractivity contribution in [2.24, 2.45) is 5.10 Å². The minimum Gasteiger partial charge on any atom is -0.457 e. The number of ether oxygens (including phenoxy) is 1. The van der Waals surface area contributed by atoms with Gasteiger partial charge in [-0.15, -0.1) is 5.10 Å². The first-order valence-electron chi connectivity index (χ1n) is 2.21. The second kappa shape index (κ2) is 1.40. The van der Waals surface area contributed by atoms with E-state index in [-0.39, 0.29) is 6.23 Å². The molecule has 1 aliphatic rings. The zero-order valence-corrected chi connectivity index (χ0v) is 4.46. The Balaban J connectivity index is 2.45. The van der Waals surface area contributed by atoms with Crippen molar-refractivity contribution >= 4 is 6.40 Å². The Morgan fingerprint density at radius 3 is 2.71 bits per heavy atom. The third kappa shape index (κ3) is 0.656. The molecule has 1 aliphatic heterocycles. The Kier molecular flexibility index (Phi) is 0.889. The van der Waals surface area contributed by atoms with Crippen LogP contribution in [0.2, 0.25) is 0 Å². The zero-order valence-electron chi connectivity index (χ0n) is 4.46. The summed E-state index contributed by atoms with van der Waals surface area (Å²) in [5.41, 5.74) is 0. The van der Waals surface area contributed by atoms with Gasteiger partial charge in [0.15, 0.2) is 12.6 Å². The lowest BCUT2D eigenvalue weighted by Gasteiger charge is -2.10. The maximum Gasteiger partial charge on any atom is 0.195 e. The molecule has 3 heteroatoms. The molecule has 0 radical (unpaired) electrons. The van der Waals surface area contributed by atoms with E-state index in [0.29, 0.717) is 0 Å². The first kappa shape index (κ1) is 4.43. The number of hydrogen-bond donors (Lipinski definition) is 0. The van der Waals surface area contributed by atoms with Crippen LogP contribution in [0.4, 0.5) is 0 Å². The fourth-order valence-electron chi connectivity index (χ4n) is 0.372. The Morgan fingerprint density at radius 2 is 2.57 bits per heavy atom. The quantitative estimate of drug-likeness (QED) is 0.435. The summed E-state index contributed by atoms with van der Waals surface area (Å²) in [5.74, 6) is 0. The summed E-state index contributed by atoms with van der Waals surface area (Å²) < 4.78 is 4.90. The molecule has 0 N–H and O–H groups in total. The fraction of sp³-hybridized carbons (Fsp3) is 0.750. The first-order valence-corrected chi connectivity index (χ1v) is 2.21. The molecule has 0 fully saturated rings. The van der Waals surface area contributed by atoms with E-state index in [4.69, 9.17) is 4.74 Å². The minimum absolute atomic E-state index is 0.125. The van der Waals surface area contributed by atoms with Gasteiger partial charge in [-0.05, 0) is 6.92 Å². The predicted molar refractivity (Wildman–Crippen MR) is 26.8 cm³/mol. The monoisotopic (exact) mass is 100 g/mol. The topological polar surface area (TPSA) is 24.8 Å². The van der Waals surface area contributed by atoms with Crippen LogP contribution in [-0.2, 0) is 4.74 Å². The summed E-state index contributed by atoms with van der Waals surface area (Å²) in [6.45, 7) is 1.94. The highest BCUT2D eigenvalue weighted by molar-refractivity contribution is 5.47. The van der Waals surface area contributed by atoms with Crippen LogP contribution < -0.4 is 0 Å². The van der Waals surface area contributed by atoms with Crippen LogP contribution in [-0.4, -0.2) is 24.7 Å². The lowest BCUT2D eigenvalue weighted by atomic mass is 10.7. The van der Waals surface area contributed by atoms with Crippen molar-refractivity contribution < 1.29 is 4.74 Å². The summed E-state index contributed by atoms with van der Waals surface area (Å²) in [4.78, 5) is 0. The average molecular weight is 100 g/mol. The largest absolute Gasteiger partial charge is 0.457 e. The smallest absolute Gasteiger partial charge is 0.195 e. The predicted octanol–water partition coefficient (Wildman–Crippen LogP) is 0.238. The van der Waals surface area contributed by atoms with Gasteiger partial charge in [-0.3, -0.25) is 5.01 Å². The van der Waals surface area contributed by atoms with Crippen molar-refractivity contribution in [1.29, 1.82) is 0 Å². The molecule has 0 saturated carbocycles. The minimum atomic E-state index is 0.125. The van der Waals surface area contributed by atoms with Gasteiger partial charge >= 0.3 is 0 Å². The van der Waals surface area contributed by atoms with E-state index in [1.54, 1.807) is 5.01 Å². The summed E-state index contributed by atoms with van der Waals surface area (Å²) in [6, 6.07) is 0. The van der Waals surface area contributed by atoms with Gasteiger partial charge < -0.3 is 4.74 Å². The van der Waals surface area contributed by atoms with Gasteiger partial charge in [-0.25, -0.2) is 0 Å². The molecule has 1 unspecified atom stereocenters. The fourth-order valence-corrected chi connectivity index (χ4v) is 0.372. The molecule has 0 amide bonds. The molecule has 40 valence electrons. The average Bonchev–Trinajstić information content (AvgIpc) is 1.91. The second-order valence-corrected chi connectivity index (χ2v) is 1.53. The normalized spacial score (nSPS) is 28.3. The lowest BCUT2D eigenvalue weighted by Crippen LogP contribution is -2.19. The van der Waals surface area contributed by atoms with Crippen molar-refractivity contribution in [3.8, 4) is 0 Å². The summed E-state index contributed by atoms with van der Waals surface area (Å²) in [6.07, 6.45) is 1.57. The zero-order chi connectivity index (χ0) is 5.28. The maximum absolute atomic E-state index is 4.90. The van der Waals surface area contributed by atoms with Crippen molar-refractivity contribution in [3.05, 3.63) is 0 Å². The van der Waals surface area contributed by atoms with E-state index >= 15 is 0 Å². The van der Waals surface area contributed by atoms with Crippen LogP contribution >= 0.6 is 0 Å². The Morgan fingerprint density at radius 1 is 1.86 bits per heavy atom. The van der Waals surface area contributed by atoms with E-state index in [1.807, 2.05) is 14.0 Å². The van der Waals surface area contributed by atoms with Crippen LogP contribution in [0.5, 0.6) is 0 Å². The molecule has 0 saturated heterocycles. The molecule has 0 aliphatic carbocycles. The molecule has 1 heterocycles. The molecule has 1 atom stereocenters. The van der Waals surface area contributed by atoms with Gasteiger partial charge in [-0.2, -0.15) is 0 Å². The van der Waals surface area contributed by atoms with Crippen molar-refractivity contribution in [2.75, 3.05) is 7.05 Å². The number of rotatable bonds is 0. The van der Waals surface area contributed by atoms with Crippen LogP contribution in [0.1, 0.15) is 6.92 Å². The lowest BCUT2D eigenvalue weighted by molar-refractivity contribution is 0.0995. The molecule has 0 aromatic heterocycles. The third-order valence-corrected chi connectivity index (χ3v) is 1.01. The second-order valence-electron chi connectivity index (χ2n) is 1.53. The number of hydrogen-bond acceptors (Lipinski definition) is 3. The van der Waals surface area contributed by atoms with Gasteiger partial charge in [-0.1, -0.05) is 0 Å². The molecular weight excluding hydrogens is 92.1 g/mol. The van der Waals surface area contributed by atoms with Crippen LogP contribution in [0.15, 0.2) is 5.10 Å². The number of hydrazone groups is 1. The summed E-state index contributed by atoms with van der Waals surface area (Å²) in [7, 11) is 1.87. The molecular formula is C4H8N2O. The number of nitrogens with zero attached hydrogens (tertiary/aromatic N) is 2. The van der Waals surface area contributed by atoms with E-state index in [2.05, 4.69) is 5.10 Å². The van der Waals surface area contributed by atoms with Gasteiger partial charge in [0.2, 0.25) is 0 Å². The van der Waals surface area contributed by atoms with E-state index in [1.165, 1.54) is 6.40 Å². The molecule has 0 spiro atoms. The highest BCUT2D eigenvalue weighted by Crippen LogP contribution is 2.01. The Labute approximate surface area is 42.6 Å². The molecule has 1 rings (SSSR count). The highest BCUT2D eigenvalue weighted by Gasteiger charge is 2.09. The molecule has 0 aromatic carbocycles. The van der Waals surface area contributed by atoms with Gasteiger partial charge in [0.05, 0.1) is 0 Å². The summed E-state index contributed by atoms with van der Waals surface area (Å²) >= 11 is 0. The summed E-state index contributed by atoms with van der Waals surface area (Å²) in [5, 5.41) is 5.55. The Hall–Kier alpha value is -0.730. The van der Waals surface area contributed by atoms with Crippen LogP contribution in [0.3, 0.4) is 0 Å². The van der Waals surface area contributed by atoms with Gasteiger partial charge in [0, 0.05) is 7.05 Å². The van der Waals surface area contributed by atoms with Crippen LogP contribution in [0, 0.1) is 0 Å². The van der Waals surface area contributed by atoms with E-state index in [9.17, 15) is 0 Å². The third-order valence-electron chi connectivity index (χ3n) is 1.01. The van der Waals surface area contributed by atoms with E-state index < -0.39 is 0 Å². The van der Waals surface area contributed by atoms with Crippen LogP contribution in [0.25, 0.3) is 0 Å². The molecule has 0 bridgehead atoms. The molecule has 0 aromatic rings. The standard InChI is InChI=1S/C4H8N2O/c1-4-6(2)5-3-7-4/h3-4H,1-2H3. The molecule has 7 heavy (non-hydrogen) atoms. The SMILES string of the molecule is CC1OC=NN1C. The first-order chi connectivity index (χ1) is 3.30. The van der Waals surface area contributed by atoms with Crippen molar-refractivity contribution in [2.45, 2.75) is 13.2 Å². The van der Waals surface area contributed by atoms with Gasteiger partial charge in [0.25, 0.3) is 0 Å². The Bertz CT molecular complexity index is 91.7. The van der Waals surface area contributed by atoms with Crippen molar-refractivity contribution in [1.82, 2.24) is 5.01 Å². The van der Waals surface area contributed by atoms with Crippen molar-refractivity contribution in [3.63, 3.8) is 0 Å². The van der Waals surface area contributed by atoms with Gasteiger partial charge in [0.1, 0.15) is 0 Å². The highest BCUT2D eigenvalue weighted by atomic mass is 16.5.